The van der Waals surface area contributed by atoms with Crippen molar-refractivity contribution in [1.82, 2.24) is 19.9 Å². The molecule has 0 unspecified atom stereocenters. The summed E-state index contributed by atoms with van der Waals surface area (Å²) in [5, 5.41) is 3.56. The third-order valence-corrected chi connectivity index (χ3v) is 3.63. The van der Waals surface area contributed by atoms with Gasteiger partial charge in [0, 0.05) is 37.6 Å². The Morgan fingerprint density at radius 3 is 3.10 bits per heavy atom. The molecule has 5 nitrogen and oxygen atoms in total. The number of aryl methyl sites for hydroxylation is 1. The third kappa shape index (κ3) is 3.04. The first-order valence-corrected chi connectivity index (χ1v) is 7.25. The molecule has 2 aromatic rings. The summed E-state index contributed by atoms with van der Waals surface area (Å²) in [5.41, 5.74) is 0.662. The molecule has 0 bridgehead atoms. The maximum atomic E-state index is 12.2. The summed E-state index contributed by atoms with van der Waals surface area (Å²) in [6.45, 7) is 0.632. The molecule has 1 saturated carbocycles. The van der Waals surface area contributed by atoms with Gasteiger partial charge in [-0.25, -0.2) is 4.98 Å². The minimum absolute atomic E-state index is 0.0526. The molecular weight excluding hydrogens is 276 g/mol. The Hall–Kier alpha value is -1.75. The second-order valence-electron chi connectivity index (χ2n) is 5.08. The predicted molar refractivity (Wildman–Crippen MR) is 77.0 cm³/mol. The summed E-state index contributed by atoms with van der Waals surface area (Å²) in [7, 11) is 0. The van der Waals surface area contributed by atoms with Gasteiger partial charge < -0.3 is 14.9 Å². The zero-order chi connectivity index (χ0) is 13.9. The quantitative estimate of drug-likeness (QED) is 0.804. The predicted octanol–water partition coefficient (Wildman–Crippen LogP) is 2.56. The van der Waals surface area contributed by atoms with E-state index in [0.29, 0.717) is 23.3 Å². The van der Waals surface area contributed by atoms with Gasteiger partial charge in [0.1, 0.15) is 11.5 Å². The number of halogens is 1. The monoisotopic (exact) mass is 292 g/mol. The third-order valence-electron chi connectivity index (χ3n) is 3.42. The van der Waals surface area contributed by atoms with E-state index in [9.17, 15) is 4.79 Å². The average Bonchev–Trinajstić information content (AvgIpc) is 3.00. The molecule has 2 heterocycles. The molecule has 0 aromatic carbocycles. The Morgan fingerprint density at radius 2 is 2.40 bits per heavy atom. The van der Waals surface area contributed by atoms with Gasteiger partial charge in [-0.15, -0.1) is 0 Å². The van der Waals surface area contributed by atoms with E-state index in [-0.39, 0.29) is 5.91 Å². The minimum atomic E-state index is -0.0526. The molecule has 2 aromatic heterocycles. The summed E-state index contributed by atoms with van der Waals surface area (Å²) in [6.07, 6.45) is 9.33. The number of carbonyl (C=O) groups excluding carboxylic acids is 1. The van der Waals surface area contributed by atoms with E-state index in [0.717, 1.165) is 31.5 Å². The van der Waals surface area contributed by atoms with Crippen molar-refractivity contribution in [1.29, 1.82) is 0 Å². The van der Waals surface area contributed by atoms with Crippen LogP contribution in [0.3, 0.4) is 0 Å². The van der Waals surface area contributed by atoms with Crippen molar-refractivity contribution < 1.29 is 4.79 Å². The van der Waals surface area contributed by atoms with Crippen LogP contribution in [0.15, 0.2) is 24.7 Å². The topological polar surface area (TPSA) is 62.7 Å². The van der Waals surface area contributed by atoms with E-state index >= 15 is 0 Å². The fourth-order valence-corrected chi connectivity index (χ4v) is 2.47. The van der Waals surface area contributed by atoms with E-state index in [1.165, 1.54) is 0 Å². The molecule has 0 aliphatic heterocycles. The maximum absolute atomic E-state index is 12.2. The normalized spacial score (nSPS) is 14.4. The zero-order valence-electron chi connectivity index (χ0n) is 11.1. The fourth-order valence-electron chi connectivity index (χ4n) is 2.27. The van der Waals surface area contributed by atoms with E-state index < -0.39 is 0 Å². The Kier molecular flexibility index (Phi) is 3.78. The van der Waals surface area contributed by atoms with Crippen molar-refractivity contribution in [3.05, 3.63) is 41.2 Å². The average molecular weight is 293 g/mol. The van der Waals surface area contributed by atoms with Gasteiger partial charge in [-0.05, 0) is 25.3 Å². The van der Waals surface area contributed by atoms with Crippen LogP contribution in [-0.4, -0.2) is 27.0 Å². The standard InChI is InChI=1S/C14H17ClN4O/c15-10-8-12(19(9-10)11-3-4-11)14(20)18-5-1-2-13-16-6-7-17-13/h6-9,11H,1-5H2,(H,16,17)(H,18,20). The second kappa shape index (κ2) is 5.71. The number of hydrogen-bond acceptors (Lipinski definition) is 2. The smallest absolute Gasteiger partial charge is 0.267 e. The van der Waals surface area contributed by atoms with Crippen molar-refractivity contribution in [2.75, 3.05) is 6.54 Å². The number of rotatable bonds is 6. The van der Waals surface area contributed by atoms with Crippen LogP contribution in [0.2, 0.25) is 5.02 Å². The molecule has 1 aliphatic carbocycles. The largest absolute Gasteiger partial charge is 0.351 e. The summed E-state index contributed by atoms with van der Waals surface area (Å²) >= 11 is 6.00. The van der Waals surface area contributed by atoms with Gasteiger partial charge in [0.05, 0.1) is 5.02 Å². The number of hydrogen-bond donors (Lipinski definition) is 2. The number of carbonyl (C=O) groups is 1. The van der Waals surface area contributed by atoms with E-state index in [1.54, 1.807) is 18.5 Å². The molecular formula is C14H17ClN4O. The molecule has 0 radical (unpaired) electrons. The number of aromatic nitrogens is 3. The molecule has 0 atom stereocenters. The van der Waals surface area contributed by atoms with Crippen LogP contribution in [-0.2, 0) is 6.42 Å². The molecule has 1 amide bonds. The summed E-state index contributed by atoms with van der Waals surface area (Å²) < 4.78 is 1.99. The van der Waals surface area contributed by atoms with Gasteiger partial charge in [0.25, 0.3) is 5.91 Å². The van der Waals surface area contributed by atoms with Crippen LogP contribution in [0.25, 0.3) is 0 Å². The highest BCUT2D eigenvalue weighted by atomic mass is 35.5. The maximum Gasteiger partial charge on any atom is 0.267 e. The van der Waals surface area contributed by atoms with Crippen LogP contribution in [0.5, 0.6) is 0 Å². The molecule has 20 heavy (non-hydrogen) atoms. The van der Waals surface area contributed by atoms with E-state index in [4.69, 9.17) is 11.6 Å². The lowest BCUT2D eigenvalue weighted by Crippen LogP contribution is -2.27. The summed E-state index contributed by atoms with van der Waals surface area (Å²) in [4.78, 5) is 19.4. The number of aromatic amines is 1. The van der Waals surface area contributed by atoms with Crippen LogP contribution in [0.1, 0.15) is 41.6 Å². The minimum Gasteiger partial charge on any atom is -0.351 e. The van der Waals surface area contributed by atoms with Gasteiger partial charge in [-0.2, -0.15) is 0 Å². The highest BCUT2D eigenvalue weighted by molar-refractivity contribution is 6.31. The van der Waals surface area contributed by atoms with Gasteiger partial charge in [-0.3, -0.25) is 4.79 Å². The number of amides is 1. The number of nitrogens with zero attached hydrogens (tertiary/aromatic N) is 2. The van der Waals surface area contributed by atoms with Crippen molar-refractivity contribution in [2.45, 2.75) is 31.7 Å². The van der Waals surface area contributed by atoms with Crippen molar-refractivity contribution in [3.8, 4) is 0 Å². The molecule has 106 valence electrons. The van der Waals surface area contributed by atoms with Crippen LogP contribution < -0.4 is 5.32 Å². The Bertz CT molecular complexity index is 586. The molecule has 2 N–H and O–H groups in total. The van der Waals surface area contributed by atoms with E-state index in [2.05, 4.69) is 15.3 Å². The first-order chi connectivity index (χ1) is 9.74. The van der Waals surface area contributed by atoms with Crippen LogP contribution >= 0.6 is 11.6 Å². The van der Waals surface area contributed by atoms with Crippen molar-refractivity contribution in [2.24, 2.45) is 0 Å². The number of imidazole rings is 1. The van der Waals surface area contributed by atoms with Crippen LogP contribution in [0, 0.1) is 0 Å². The van der Waals surface area contributed by atoms with Gasteiger partial charge in [0.15, 0.2) is 0 Å². The molecule has 6 heteroatoms. The van der Waals surface area contributed by atoms with Crippen LogP contribution in [0.4, 0.5) is 0 Å². The first kappa shape index (κ1) is 13.2. The Balaban J connectivity index is 1.51. The Labute approximate surface area is 122 Å². The lowest BCUT2D eigenvalue weighted by atomic mass is 10.3. The second-order valence-corrected chi connectivity index (χ2v) is 5.51. The van der Waals surface area contributed by atoms with Gasteiger partial charge in [0.2, 0.25) is 0 Å². The number of nitrogens with one attached hydrogen (secondary N) is 2. The van der Waals surface area contributed by atoms with Gasteiger partial charge in [-0.1, -0.05) is 11.6 Å². The first-order valence-electron chi connectivity index (χ1n) is 6.88. The van der Waals surface area contributed by atoms with E-state index in [1.807, 2.05) is 10.8 Å². The zero-order valence-corrected chi connectivity index (χ0v) is 11.9. The lowest BCUT2D eigenvalue weighted by Gasteiger charge is -2.08. The fraction of sp³-hybridized carbons (Fsp3) is 0.429. The summed E-state index contributed by atoms with van der Waals surface area (Å²) in [5.74, 6) is 0.895. The summed E-state index contributed by atoms with van der Waals surface area (Å²) in [6, 6.07) is 2.19. The molecule has 1 aliphatic rings. The number of H-pyrrole nitrogens is 1. The molecule has 3 rings (SSSR count). The Morgan fingerprint density at radius 1 is 1.55 bits per heavy atom. The highest BCUT2D eigenvalue weighted by Crippen LogP contribution is 2.37. The molecule has 1 fully saturated rings. The SMILES string of the molecule is O=C(NCCCc1ncc[nH]1)c1cc(Cl)cn1C1CC1. The van der Waals surface area contributed by atoms with Crippen molar-refractivity contribution in [3.63, 3.8) is 0 Å². The van der Waals surface area contributed by atoms with Crippen molar-refractivity contribution >= 4 is 17.5 Å². The lowest BCUT2D eigenvalue weighted by molar-refractivity contribution is 0.0943. The highest BCUT2D eigenvalue weighted by Gasteiger charge is 2.27. The molecule has 0 saturated heterocycles. The van der Waals surface area contributed by atoms with Gasteiger partial charge >= 0.3 is 0 Å². The molecule has 0 spiro atoms.